The fourth-order valence-corrected chi connectivity index (χ4v) is 3.97. The van der Waals surface area contributed by atoms with Gasteiger partial charge in [0, 0.05) is 0 Å². The number of sulfonamides is 1. The maximum atomic E-state index is 12.8. The van der Waals surface area contributed by atoms with E-state index in [0.29, 0.717) is 11.5 Å². The van der Waals surface area contributed by atoms with Gasteiger partial charge in [-0.1, -0.05) is 66.6 Å². The molecule has 0 amide bonds. The first-order valence-electron chi connectivity index (χ1n) is 10.9. The highest BCUT2D eigenvalue weighted by molar-refractivity contribution is 7.89. The predicted molar refractivity (Wildman–Crippen MR) is 127 cm³/mol. The number of aryl methyl sites for hydroxylation is 1. The van der Waals surface area contributed by atoms with E-state index in [1.165, 1.54) is 17.7 Å². The van der Waals surface area contributed by atoms with Crippen molar-refractivity contribution in [2.24, 2.45) is 5.92 Å². The molecule has 32 heavy (non-hydrogen) atoms. The summed E-state index contributed by atoms with van der Waals surface area (Å²) >= 11 is 0. The maximum absolute atomic E-state index is 12.8. The smallest absolute Gasteiger partial charge is 0.329 e. The van der Waals surface area contributed by atoms with E-state index in [9.17, 15) is 13.2 Å². The lowest BCUT2D eigenvalue weighted by Crippen LogP contribution is -2.43. The molecule has 2 aromatic carbocycles. The average molecular weight is 459 g/mol. The summed E-state index contributed by atoms with van der Waals surface area (Å²) in [7, 11) is -3.84. The van der Waals surface area contributed by atoms with Crippen molar-refractivity contribution in [1.82, 2.24) is 10.3 Å². The van der Waals surface area contributed by atoms with Crippen LogP contribution >= 0.6 is 0 Å². The van der Waals surface area contributed by atoms with Gasteiger partial charge in [-0.15, -0.1) is 4.83 Å². The van der Waals surface area contributed by atoms with Crippen LogP contribution in [0.4, 0.5) is 0 Å². The zero-order valence-corrected chi connectivity index (χ0v) is 20.1. The first-order chi connectivity index (χ1) is 15.2. The molecule has 0 heterocycles. The van der Waals surface area contributed by atoms with Crippen molar-refractivity contribution in [2.45, 2.75) is 57.9 Å². The van der Waals surface area contributed by atoms with Crippen molar-refractivity contribution in [2.75, 3.05) is 6.61 Å². The number of benzene rings is 2. The van der Waals surface area contributed by atoms with Gasteiger partial charge in [0.05, 0.1) is 11.5 Å². The van der Waals surface area contributed by atoms with Crippen LogP contribution in [0.25, 0.3) is 0 Å². The molecule has 174 valence electrons. The van der Waals surface area contributed by atoms with Crippen molar-refractivity contribution in [1.29, 1.82) is 0 Å². The molecule has 0 spiro atoms. The third-order valence-electron chi connectivity index (χ3n) is 5.10. The molecular weight excluding hydrogens is 424 g/mol. The van der Waals surface area contributed by atoms with E-state index in [4.69, 9.17) is 4.74 Å². The number of hydrogen-bond acceptors (Lipinski definition) is 5. The molecule has 6 nitrogen and oxygen atoms in total. The number of ether oxygens (including phenoxy) is 1. The van der Waals surface area contributed by atoms with Gasteiger partial charge in [0.1, 0.15) is 6.04 Å². The highest BCUT2D eigenvalue weighted by atomic mass is 32.2. The van der Waals surface area contributed by atoms with E-state index in [1.54, 1.807) is 36.4 Å². The summed E-state index contributed by atoms with van der Waals surface area (Å²) in [5, 5.41) is 0. The monoisotopic (exact) mass is 458 g/mol. The van der Waals surface area contributed by atoms with Crippen molar-refractivity contribution < 1.29 is 17.9 Å². The Morgan fingerprint density at radius 2 is 1.69 bits per heavy atom. The quantitative estimate of drug-likeness (QED) is 0.270. The fourth-order valence-electron chi connectivity index (χ4n) is 3.08. The van der Waals surface area contributed by atoms with Gasteiger partial charge < -0.3 is 4.74 Å². The van der Waals surface area contributed by atoms with Gasteiger partial charge in [-0.25, -0.2) is 18.6 Å². The first kappa shape index (κ1) is 25.8. The molecule has 7 heteroatoms. The van der Waals surface area contributed by atoms with Crippen LogP contribution < -0.4 is 10.3 Å². The highest BCUT2D eigenvalue weighted by Gasteiger charge is 2.25. The number of carbonyl (C=O) groups excluding carboxylic acids is 1. The molecule has 2 rings (SSSR count). The van der Waals surface area contributed by atoms with E-state index in [-0.39, 0.29) is 11.5 Å². The molecule has 2 aromatic rings. The summed E-state index contributed by atoms with van der Waals surface area (Å²) in [5.74, 6) is -0.110. The summed E-state index contributed by atoms with van der Waals surface area (Å²) in [6.45, 7) is 8.46. The normalized spacial score (nSPS) is 13.2. The van der Waals surface area contributed by atoms with E-state index >= 15 is 0 Å². The number of hydrazine groups is 1. The van der Waals surface area contributed by atoms with Crippen molar-refractivity contribution in [3.63, 3.8) is 0 Å². The molecule has 2 N–H and O–H groups in total. The Hall–Kier alpha value is -2.48. The van der Waals surface area contributed by atoms with E-state index in [1.807, 2.05) is 13.0 Å². The lowest BCUT2D eigenvalue weighted by atomic mass is 10.0. The van der Waals surface area contributed by atoms with Crippen LogP contribution in [0, 0.1) is 12.8 Å². The minimum Gasteiger partial charge on any atom is -0.464 e. The molecular formula is C25H34N2O4S. The van der Waals surface area contributed by atoms with Crippen LogP contribution in [0.3, 0.4) is 0 Å². The maximum Gasteiger partial charge on any atom is 0.329 e. The number of nitrogens with one attached hydrogen (secondary N) is 2. The Labute approximate surface area is 192 Å². The summed E-state index contributed by atoms with van der Waals surface area (Å²) in [6, 6.07) is 14.4. The molecule has 0 saturated heterocycles. The van der Waals surface area contributed by atoms with E-state index in [0.717, 1.165) is 24.8 Å². The largest absolute Gasteiger partial charge is 0.464 e. The molecule has 0 saturated carbocycles. The number of carbonyl (C=O) groups is 1. The predicted octanol–water partition coefficient (Wildman–Crippen LogP) is 4.84. The number of allylic oxidation sites excluding steroid dienone is 2. The number of rotatable bonds is 12. The minimum absolute atomic E-state index is 0.112. The Kier molecular flexibility index (Phi) is 10.1. The molecule has 2 atom stereocenters. The third kappa shape index (κ3) is 8.57. The summed E-state index contributed by atoms with van der Waals surface area (Å²) in [6.07, 6.45) is 4.99. The van der Waals surface area contributed by atoms with Gasteiger partial charge in [-0.3, -0.25) is 0 Å². The molecule has 2 unspecified atom stereocenters. The Morgan fingerprint density at radius 3 is 2.31 bits per heavy atom. The second kappa shape index (κ2) is 12.5. The number of esters is 1. The van der Waals surface area contributed by atoms with Crippen LogP contribution in [0.5, 0.6) is 0 Å². The second-order valence-corrected chi connectivity index (χ2v) is 10.0. The standard InChI is InChI=1S/C25H34N2O4S/c1-19(2)9-8-10-20(3)17-18-31-25(28)24(22-11-6-5-7-12-22)26-27-32(29,30)23-15-13-21(4)14-16-23/h5-7,9,11-16,20,24,26-27H,8,10,17-18H2,1-4H3. The fraction of sp³-hybridized carbons (Fsp3) is 0.400. The third-order valence-corrected chi connectivity index (χ3v) is 6.38. The molecule has 0 aliphatic carbocycles. The van der Waals surface area contributed by atoms with Gasteiger partial charge in [-0.05, 0) is 63.6 Å². The zero-order chi connectivity index (χ0) is 23.6. The molecule has 0 aliphatic rings. The Bertz CT molecular complexity index is 982. The van der Waals surface area contributed by atoms with Crippen molar-refractivity contribution in [3.8, 4) is 0 Å². The summed E-state index contributed by atoms with van der Waals surface area (Å²) < 4.78 is 30.7. The topological polar surface area (TPSA) is 84.5 Å². The summed E-state index contributed by atoms with van der Waals surface area (Å²) in [5.41, 5.74) is 5.52. The average Bonchev–Trinajstić information content (AvgIpc) is 2.74. The van der Waals surface area contributed by atoms with E-state index in [2.05, 4.69) is 37.1 Å². The van der Waals surface area contributed by atoms with Crippen LogP contribution in [-0.4, -0.2) is 21.0 Å². The Balaban J connectivity index is 1.99. The van der Waals surface area contributed by atoms with Crippen LogP contribution in [0.15, 0.2) is 71.1 Å². The van der Waals surface area contributed by atoms with Gasteiger partial charge >= 0.3 is 5.97 Å². The molecule has 0 aromatic heterocycles. The lowest BCUT2D eigenvalue weighted by Gasteiger charge is -2.19. The summed E-state index contributed by atoms with van der Waals surface area (Å²) in [4.78, 5) is 15.2. The van der Waals surface area contributed by atoms with Crippen molar-refractivity contribution >= 4 is 16.0 Å². The van der Waals surface area contributed by atoms with Gasteiger partial charge in [0.15, 0.2) is 0 Å². The minimum atomic E-state index is -3.84. The molecule has 0 fully saturated rings. The zero-order valence-electron chi connectivity index (χ0n) is 19.3. The van der Waals surface area contributed by atoms with Crippen molar-refractivity contribution in [3.05, 3.63) is 77.4 Å². The number of hydrogen-bond donors (Lipinski definition) is 2. The van der Waals surface area contributed by atoms with Gasteiger partial charge in [0.25, 0.3) is 10.0 Å². The molecule has 0 bridgehead atoms. The SMILES string of the molecule is CC(C)=CCCC(C)CCOC(=O)C(NNS(=O)(=O)c1ccc(C)cc1)c1ccccc1. The second-order valence-electron chi connectivity index (χ2n) is 8.33. The lowest BCUT2D eigenvalue weighted by molar-refractivity contribution is -0.146. The van der Waals surface area contributed by atoms with Crippen LogP contribution in [0.1, 0.15) is 57.2 Å². The molecule has 0 aliphatic heterocycles. The van der Waals surface area contributed by atoms with Crippen LogP contribution in [-0.2, 0) is 19.6 Å². The first-order valence-corrected chi connectivity index (χ1v) is 12.4. The van der Waals surface area contributed by atoms with Gasteiger partial charge in [0.2, 0.25) is 0 Å². The van der Waals surface area contributed by atoms with Crippen LogP contribution in [0.2, 0.25) is 0 Å². The Morgan fingerprint density at radius 1 is 1.03 bits per heavy atom. The van der Waals surface area contributed by atoms with Gasteiger partial charge in [-0.2, -0.15) is 0 Å². The van der Waals surface area contributed by atoms with E-state index < -0.39 is 22.0 Å². The molecule has 0 radical (unpaired) electrons. The highest BCUT2D eigenvalue weighted by Crippen LogP contribution is 2.17.